The van der Waals surface area contributed by atoms with Gasteiger partial charge in [0.25, 0.3) is 0 Å². The fraction of sp³-hybridized carbons (Fsp3) is 0.400. The van der Waals surface area contributed by atoms with Crippen LogP contribution in [0.25, 0.3) is 0 Å². The lowest BCUT2D eigenvalue weighted by atomic mass is 10.1. The molecule has 1 saturated carbocycles. The molecule has 62 valence electrons. The molecule has 0 amide bonds. The lowest BCUT2D eigenvalue weighted by Crippen LogP contribution is -2.09. The highest BCUT2D eigenvalue weighted by Crippen LogP contribution is 2.64. The predicted molar refractivity (Wildman–Crippen MR) is 49.2 cm³/mol. The molecule has 0 aromatic heterocycles. The van der Waals surface area contributed by atoms with Crippen LogP contribution in [-0.2, 0) is 0 Å². The molecule has 2 heteroatoms. The predicted octanol–water partition coefficient (Wildman–Crippen LogP) is 2.36. The van der Waals surface area contributed by atoms with Gasteiger partial charge in [0.05, 0.1) is 10.9 Å². The fourth-order valence-electron chi connectivity index (χ4n) is 1.86. The summed E-state index contributed by atoms with van der Waals surface area (Å²) in [4.78, 5) is 1.28. The molecule has 2 aliphatic rings. The average molecular weight is 178 g/mol. The van der Waals surface area contributed by atoms with Gasteiger partial charge < -0.3 is 5.11 Å². The van der Waals surface area contributed by atoms with Crippen LogP contribution in [0.2, 0.25) is 0 Å². The summed E-state index contributed by atoms with van der Waals surface area (Å²) in [6.07, 6.45) is 2.14. The van der Waals surface area contributed by atoms with Gasteiger partial charge in [-0.25, -0.2) is 0 Å². The molecule has 1 unspecified atom stereocenters. The van der Waals surface area contributed by atoms with Crippen molar-refractivity contribution in [3.63, 3.8) is 0 Å². The van der Waals surface area contributed by atoms with Crippen LogP contribution >= 0.6 is 11.8 Å². The third-order valence-electron chi connectivity index (χ3n) is 2.77. The highest BCUT2D eigenvalue weighted by Gasteiger charge is 2.55. The molecule has 1 aromatic rings. The molecule has 1 heterocycles. The Bertz CT molecular complexity index is 330. The zero-order valence-corrected chi connectivity index (χ0v) is 7.47. The van der Waals surface area contributed by atoms with E-state index in [1.165, 1.54) is 17.7 Å². The zero-order chi connectivity index (χ0) is 8.18. The van der Waals surface area contributed by atoms with E-state index in [0.717, 1.165) is 5.56 Å². The molecule has 0 bridgehead atoms. The Morgan fingerprint density at radius 2 is 2.08 bits per heavy atom. The summed E-state index contributed by atoms with van der Waals surface area (Å²) in [7, 11) is 0. The van der Waals surface area contributed by atoms with E-state index in [0.29, 0.717) is 0 Å². The molecule has 12 heavy (non-hydrogen) atoms. The Hall–Kier alpha value is -0.470. The first kappa shape index (κ1) is 6.98. The first-order chi connectivity index (χ1) is 5.82. The van der Waals surface area contributed by atoms with Gasteiger partial charge in [-0.15, -0.1) is 11.8 Å². The Morgan fingerprint density at radius 1 is 1.33 bits per heavy atom. The molecular formula is C10H10OS. The number of aliphatic hydroxyl groups is 1. The SMILES string of the molecule is OC1c2ccccc2SC12CC2. The van der Waals surface area contributed by atoms with Gasteiger partial charge in [0.1, 0.15) is 0 Å². The standard InChI is InChI=1S/C10H10OS/c11-9-7-3-1-2-4-8(7)12-10(9)5-6-10/h1-4,9,11H,5-6H2. The van der Waals surface area contributed by atoms with Crippen LogP contribution in [0.15, 0.2) is 29.2 Å². The van der Waals surface area contributed by atoms with Gasteiger partial charge in [-0.05, 0) is 24.5 Å². The Balaban J connectivity index is 2.13. The molecule has 1 fully saturated rings. The smallest absolute Gasteiger partial charge is 0.0950 e. The maximum absolute atomic E-state index is 9.95. The molecule has 1 aliphatic carbocycles. The summed E-state index contributed by atoms with van der Waals surface area (Å²) >= 11 is 1.86. The van der Waals surface area contributed by atoms with Crippen molar-refractivity contribution in [2.45, 2.75) is 28.6 Å². The van der Waals surface area contributed by atoms with Crippen LogP contribution in [0.5, 0.6) is 0 Å². The highest BCUT2D eigenvalue weighted by molar-refractivity contribution is 8.01. The first-order valence-corrected chi connectivity index (χ1v) is 5.09. The van der Waals surface area contributed by atoms with Gasteiger partial charge in [0, 0.05) is 4.90 Å². The molecule has 3 rings (SSSR count). The maximum Gasteiger partial charge on any atom is 0.0950 e. The monoisotopic (exact) mass is 178 g/mol. The lowest BCUT2D eigenvalue weighted by molar-refractivity contribution is 0.169. The minimum absolute atomic E-state index is 0.184. The third-order valence-corrected chi connectivity index (χ3v) is 4.40. The lowest BCUT2D eigenvalue weighted by Gasteiger charge is -2.09. The molecule has 1 atom stereocenters. The van der Waals surface area contributed by atoms with Gasteiger partial charge in [-0.3, -0.25) is 0 Å². The normalized spacial score (nSPS) is 28.9. The average Bonchev–Trinajstić information content (AvgIpc) is 2.79. The number of hydrogen-bond acceptors (Lipinski definition) is 2. The van der Waals surface area contributed by atoms with E-state index in [1.807, 2.05) is 30.0 Å². The van der Waals surface area contributed by atoms with Crippen molar-refractivity contribution in [3.05, 3.63) is 29.8 Å². The minimum Gasteiger partial charge on any atom is -0.387 e. The summed E-state index contributed by atoms with van der Waals surface area (Å²) in [5, 5.41) is 9.95. The van der Waals surface area contributed by atoms with Gasteiger partial charge in [-0.2, -0.15) is 0 Å². The molecule has 1 spiro atoms. The molecule has 1 aliphatic heterocycles. The van der Waals surface area contributed by atoms with Crippen LogP contribution in [0.3, 0.4) is 0 Å². The maximum atomic E-state index is 9.95. The summed E-state index contributed by atoms with van der Waals surface area (Å²) in [5.74, 6) is 0. The van der Waals surface area contributed by atoms with E-state index < -0.39 is 0 Å². The van der Waals surface area contributed by atoms with E-state index in [9.17, 15) is 5.11 Å². The Morgan fingerprint density at radius 3 is 2.75 bits per heavy atom. The summed E-state index contributed by atoms with van der Waals surface area (Å²) in [6, 6.07) is 8.19. The quantitative estimate of drug-likeness (QED) is 0.658. The summed E-state index contributed by atoms with van der Waals surface area (Å²) < 4.78 is 0.184. The highest BCUT2D eigenvalue weighted by atomic mass is 32.2. The van der Waals surface area contributed by atoms with E-state index in [2.05, 4.69) is 6.07 Å². The Labute approximate surface area is 75.8 Å². The Kier molecular flexibility index (Phi) is 1.20. The second-order valence-corrected chi connectivity index (χ2v) is 5.06. The zero-order valence-electron chi connectivity index (χ0n) is 6.66. The van der Waals surface area contributed by atoms with Gasteiger partial charge >= 0.3 is 0 Å². The van der Waals surface area contributed by atoms with Crippen molar-refractivity contribution < 1.29 is 5.11 Å². The van der Waals surface area contributed by atoms with E-state index >= 15 is 0 Å². The van der Waals surface area contributed by atoms with E-state index in [1.54, 1.807) is 0 Å². The topological polar surface area (TPSA) is 20.2 Å². The van der Waals surface area contributed by atoms with Crippen LogP contribution < -0.4 is 0 Å². The first-order valence-electron chi connectivity index (χ1n) is 4.28. The fourth-order valence-corrected chi connectivity index (χ4v) is 3.28. The van der Waals surface area contributed by atoms with E-state index in [-0.39, 0.29) is 10.9 Å². The summed E-state index contributed by atoms with van der Waals surface area (Å²) in [5.41, 5.74) is 1.14. The molecule has 1 N–H and O–H groups in total. The van der Waals surface area contributed by atoms with Crippen LogP contribution in [0.4, 0.5) is 0 Å². The molecule has 1 aromatic carbocycles. The van der Waals surface area contributed by atoms with Gasteiger partial charge in [0.2, 0.25) is 0 Å². The number of aliphatic hydroxyl groups excluding tert-OH is 1. The number of hydrogen-bond donors (Lipinski definition) is 1. The number of rotatable bonds is 0. The molecule has 1 nitrogen and oxygen atoms in total. The van der Waals surface area contributed by atoms with E-state index in [4.69, 9.17) is 0 Å². The van der Waals surface area contributed by atoms with Crippen molar-refractivity contribution in [1.29, 1.82) is 0 Å². The number of thioether (sulfide) groups is 1. The third kappa shape index (κ3) is 0.744. The summed E-state index contributed by atoms with van der Waals surface area (Å²) in [6.45, 7) is 0. The van der Waals surface area contributed by atoms with Crippen LogP contribution in [0, 0.1) is 0 Å². The second-order valence-electron chi connectivity index (χ2n) is 3.61. The minimum atomic E-state index is -0.210. The van der Waals surface area contributed by atoms with Crippen molar-refractivity contribution in [3.8, 4) is 0 Å². The number of fused-ring (bicyclic) bond motifs is 1. The van der Waals surface area contributed by atoms with Crippen molar-refractivity contribution in [2.75, 3.05) is 0 Å². The molecule has 0 radical (unpaired) electrons. The van der Waals surface area contributed by atoms with Gasteiger partial charge in [0.15, 0.2) is 0 Å². The largest absolute Gasteiger partial charge is 0.387 e. The van der Waals surface area contributed by atoms with Crippen LogP contribution in [-0.4, -0.2) is 9.85 Å². The number of benzene rings is 1. The van der Waals surface area contributed by atoms with Crippen molar-refractivity contribution in [2.24, 2.45) is 0 Å². The van der Waals surface area contributed by atoms with Gasteiger partial charge in [-0.1, -0.05) is 18.2 Å². The van der Waals surface area contributed by atoms with Crippen molar-refractivity contribution in [1.82, 2.24) is 0 Å². The van der Waals surface area contributed by atoms with Crippen LogP contribution in [0.1, 0.15) is 24.5 Å². The van der Waals surface area contributed by atoms with Crippen molar-refractivity contribution >= 4 is 11.8 Å². The molecule has 0 saturated heterocycles. The second kappa shape index (κ2) is 2.06. The molecular weight excluding hydrogens is 168 g/mol.